The Morgan fingerprint density at radius 3 is 0.984 bits per heavy atom. The van der Waals surface area contributed by atoms with Crippen molar-refractivity contribution in [3.63, 3.8) is 0 Å². The molecule has 4 aromatic heterocycles. The molecule has 0 saturated heterocycles. The van der Waals surface area contributed by atoms with Crippen LogP contribution in [0, 0.1) is 13.8 Å². The average molecular weight is 912 g/mol. The molecule has 61 heavy (non-hydrogen) atoms. The molecule has 0 N–H and O–H groups in total. The predicted octanol–water partition coefficient (Wildman–Crippen LogP) is 6.51. The Labute approximate surface area is 365 Å². The molecule has 19 heteroatoms. The van der Waals surface area contributed by atoms with E-state index in [0.717, 1.165) is 13.1 Å². The fraction of sp³-hybridized carbons (Fsp3) is 0.381. The number of hydrogen-bond acceptors (Lipinski definition) is 8. The molecule has 6 aromatic rings. The minimum atomic E-state index is -5.19. The van der Waals surface area contributed by atoms with Gasteiger partial charge < -0.3 is 38.1 Å². The minimum Gasteiger partial charge on any atom is -0.542 e. The van der Waals surface area contributed by atoms with Gasteiger partial charge in [-0.2, -0.15) is 26.3 Å². The van der Waals surface area contributed by atoms with Crippen LogP contribution in [0.15, 0.2) is 111 Å². The summed E-state index contributed by atoms with van der Waals surface area (Å²) in [5.74, 6) is -6.01. The SMILES string of the molecule is Cc1cc(Cn2ccnc2)cc(C(C)(C)C)c1.Cc1cc(Cn2ccnc2)cc(C(C)(C)C)c1.Cn1ccnc1.Cn1ccnc1.O=C([O-])C(F)(F)F.O=C([O-])C(F)(F)F.[Zn+2]. The summed E-state index contributed by atoms with van der Waals surface area (Å²) in [6.45, 7) is 19.6. The molecule has 0 spiro atoms. The second-order valence-corrected chi connectivity index (χ2v) is 15.4. The fourth-order valence-electron chi connectivity index (χ4n) is 4.61. The van der Waals surface area contributed by atoms with E-state index in [1.165, 1.54) is 33.4 Å². The Hall–Kier alpha value is -5.58. The van der Waals surface area contributed by atoms with E-state index in [2.05, 4.69) is 121 Å². The number of carboxylic acids is 2. The van der Waals surface area contributed by atoms with E-state index in [0.29, 0.717) is 0 Å². The first-order chi connectivity index (χ1) is 27.6. The summed E-state index contributed by atoms with van der Waals surface area (Å²) in [7, 11) is 3.88. The molecule has 0 bridgehead atoms. The number of carbonyl (C=O) groups is 2. The third-order valence-electron chi connectivity index (χ3n) is 7.59. The van der Waals surface area contributed by atoms with E-state index in [1.807, 2.05) is 73.1 Å². The topological polar surface area (TPSA) is 152 Å². The third-order valence-corrected chi connectivity index (χ3v) is 7.59. The molecule has 328 valence electrons. The summed E-state index contributed by atoms with van der Waals surface area (Å²) in [4.78, 5) is 33.3. The van der Waals surface area contributed by atoms with Gasteiger partial charge in [0.25, 0.3) is 0 Å². The summed E-state index contributed by atoms with van der Waals surface area (Å²) < 4.78 is 71.1. The predicted molar refractivity (Wildman–Crippen MR) is 211 cm³/mol. The van der Waals surface area contributed by atoms with Crippen molar-refractivity contribution >= 4 is 11.9 Å². The molecular weight excluding hydrogens is 860 g/mol. The van der Waals surface area contributed by atoms with E-state index < -0.39 is 24.3 Å². The first kappa shape index (κ1) is 55.4. The van der Waals surface area contributed by atoms with Gasteiger partial charge in [-0.25, -0.2) is 19.9 Å². The molecule has 12 nitrogen and oxygen atoms in total. The zero-order valence-electron chi connectivity index (χ0n) is 36.0. The van der Waals surface area contributed by atoms with Crippen LogP contribution in [-0.4, -0.2) is 62.5 Å². The zero-order chi connectivity index (χ0) is 45.9. The maximum Gasteiger partial charge on any atom is 2.00 e. The minimum absolute atomic E-state index is 0. The van der Waals surface area contributed by atoms with Crippen LogP contribution >= 0.6 is 0 Å². The van der Waals surface area contributed by atoms with Gasteiger partial charge in [0.1, 0.15) is 11.9 Å². The number of aromatic nitrogens is 8. The maximum absolute atomic E-state index is 10.5. The van der Waals surface area contributed by atoms with Crippen LogP contribution < -0.4 is 10.2 Å². The van der Waals surface area contributed by atoms with Crippen molar-refractivity contribution in [2.75, 3.05) is 0 Å². The quantitative estimate of drug-likeness (QED) is 0.144. The van der Waals surface area contributed by atoms with E-state index in [1.54, 1.807) is 25.0 Å². The van der Waals surface area contributed by atoms with Crippen LogP contribution in [0.5, 0.6) is 0 Å². The molecule has 6 rings (SSSR count). The number of halogens is 6. The first-order valence-electron chi connectivity index (χ1n) is 18.1. The molecule has 0 aliphatic rings. The second-order valence-electron chi connectivity index (χ2n) is 15.4. The molecule has 0 saturated carbocycles. The van der Waals surface area contributed by atoms with Crippen molar-refractivity contribution in [2.45, 2.75) is 91.7 Å². The monoisotopic (exact) mass is 910 g/mol. The van der Waals surface area contributed by atoms with Crippen LogP contribution in [0.4, 0.5) is 26.3 Å². The molecular formula is C42H52F6N8O4Zn. The van der Waals surface area contributed by atoms with Gasteiger partial charge >= 0.3 is 31.8 Å². The van der Waals surface area contributed by atoms with Crippen molar-refractivity contribution in [2.24, 2.45) is 14.1 Å². The number of benzene rings is 2. The largest absolute Gasteiger partial charge is 2.00 e. The van der Waals surface area contributed by atoms with Gasteiger partial charge in [0, 0.05) is 76.8 Å². The summed E-state index contributed by atoms with van der Waals surface area (Å²) in [6, 6.07) is 13.6. The fourth-order valence-corrected chi connectivity index (χ4v) is 4.61. The van der Waals surface area contributed by atoms with Crippen LogP contribution in [0.1, 0.15) is 74.9 Å². The van der Waals surface area contributed by atoms with Gasteiger partial charge in [-0.05, 0) is 46.9 Å². The molecule has 2 aromatic carbocycles. The van der Waals surface area contributed by atoms with E-state index in [-0.39, 0.29) is 30.3 Å². The van der Waals surface area contributed by atoms with Gasteiger partial charge in [-0.15, -0.1) is 0 Å². The van der Waals surface area contributed by atoms with Crippen LogP contribution in [0.2, 0.25) is 0 Å². The Balaban J connectivity index is 0.000000755. The Bertz CT molecular complexity index is 1950. The van der Waals surface area contributed by atoms with Crippen LogP contribution in [0.25, 0.3) is 0 Å². The number of carbonyl (C=O) groups excluding carboxylic acids is 2. The standard InChI is InChI=1S/2C15H20N2.2C4H6N2.2C2HF3O2.Zn/c2*1-12-7-13(10-17-6-5-16-11-17)9-14(8-12)15(2,3)4;2*1-6-3-2-5-4-6;2*3-2(4,5)1(6)7;/h2*5-9,11H,10H2,1-4H3;2*2-4H,1H3;2*(H,6,7);/q;;;;;;+2/p-2. The van der Waals surface area contributed by atoms with Crippen LogP contribution in [-0.2, 0) is 67.1 Å². The smallest absolute Gasteiger partial charge is 0.542 e. The third kappa shape index (κ3) is 24.3. The molecule has 0 radical (unpaired) electrons. The Morgan fingerprint density at radius 2 is 0.803 bits per heavy atom. The van der Waals surface area contributed by atoms with Gasteiger partial charge in [0.15, 0.2) is 0 Å². The van der Waals surface area contributed by atoms with Crippen molar-refractivity contribution in [1.82, 2.24) is 38.2 Å². The number of nitrogens with zero attached hydrogens (tertiary/aromatic N) is 8. The number of imidazole rings is 4. The Kier molecular flexibility index (Phi) is 22.9. The molecule has 0 unspecified atom stereocenters. The number of carboxylic acid groups (broad SMARTS) is 2. The van der Waals surface area contributed by atoms with E-state index in [4.69, 9.17) is 19.8 Å². The molecule has 0 fully saturated rings. The molecule has 0 atom stereocenters. The molecule has 0 aliphatic heterocycles. The van der Waals surface area contributed by atoms with Crippen LogP contribution in [0.3, 0.4) is 0 Å². The Morgan fingerprint density at radius 1 is 0.525 bits per heavy atom. The van der Waals surface area contributed by atoms with Crippen molar-refractivity contribution in [1.29, 1.82) is 0 Å². The number of alkyl halides is 6. The van der Waals surface area contributed by atoms with Crippen molar-refractivity contribution in [3.05, 3.63) is 145 Å². The number of aliphatic carboxylic acids is 2. The van der Waals surface area contributed by atoms with E-state index in [9.17, 15) is 26.3 Å². The zero-order valence-corrected chi connectivity index (χ0v) is 39.0. The maximum atomic E-state index is 10.5. The number of rotatable bonds is 4. The summed E-state index contributed by atoms with van der Waals surface area (Å²) in [5, 5.41) is 17.6. The first-order valence-corrected chi connectivity index (χ1v) is 18.1. The summed E-state index contributed by atoms with van der Waals surface area (Å²) in [5.41, 5.74) is 8.53. The average Bonchev–Trinajstić information content (AvgIpc) is 3.96. The number of aryl methyl sites for hydroxylation is 4. The van der Waals surface area contributed by atoms with E-state index >= 15 is 0 Å². The van der Waals surface area contributed by atoms with Gasteiger partial charge in [-0.1, -0.05) is 89.1 Å². The van der Waals surface area contributed by atoms with Crippen molar-refractivity contribution in [3.8, 4) is 0 Å². The van der Waals surface area contributed by atoms with Gasteiger partial charge in [0.05, 0.1) is 25.3 Å². The van der Waals surface area contributed by atoms with Crippen molar-refractivity contribution < 1.29 is 65.6 Å². The van der Waals surface area contributed by atoms with Gasteiger partial charge in [-0.3, -0.25) is 0 Å². The molecule has 0 amide bonds. The molecule has 4 heterocycles. The summed E-state index contributed by atoms with van der Waals surface area (Å²) >= 11 is 0. The number of hydrogen-bond donors (Lipinski definition) is 0. The normalized spacial score (nSPS) is 10.9. The summed E-state index contributed by atoms with van der Waals surface area (Å²) in [6.07, 6.45) is 11.7. The second kappa shape index (κ2) is 25.3. The van der Waals surface area contributed by atoms with Gasteiger partial charge in [0.2, 0.25) is 0 Å². The molecule has 0 aliphatic carbocycles.